The van der Waals surface area contributed by atoms with E-state index in [9.17, 15) is 4.79 Å². The molecule has 0 fully saturated rings. The van der Waals surface area contributed by atoms with Crippen LogP contribution in [-0.4, -0.2) is 50.2 Å². The van der Waals surface area contributed by atoms with Gasteiger partial charge in [0.2, 0.25) is 5.91 Å². The average molecular weight is 351 g/mol. The van der Waals surface area contributed by atoms with E-state index < -0.39 is 0 Å². The second-order valence-corrected chi connectivity index (χ2v) is 7.24. The number of benzene rings is 1. The summed E-state index contributed by atoms with van der Waals surface area (Å²) >= 11 is 1.73. The van der Waals surface area contributed by atoms with Crippen LogP contribution in [0.1, 0.15) is 25.0 Å². The lowest BCUT2D eigenvalue weighted by Crippen LogP contribution is -2.44. The number of aliphatic imine (C=N–C) groups is 1. The molecular weight excluding hydrogens is 320 g/mol. The van der Waals surface area contributed by atoms with Crippen molar-refractivity contribution in [3.63, 3.8) is 0 Å². The molecule has 24 heavy (non-hydrogen) atoms. The molecule has 1 rings (SSSR count). The molecule has 0 heterocycles. The molecule has 0 saturated heterocycles. The third-order valence-electron chi connectivity index (χ3n) is 3.43. The molecule has 0 saturated carbocycles. The first-order valence-electron chi connectivity index (χ1n) is 8.19. The molecule has 0 aliphatic heterocycles. The number of carbonyl (C=O) groups excluding carboxylic acids is 1. The number of hydrogen-bond acceptors (Lipinski definition) is 3. The molecule has 6 heteroatoms. The summed E-state index contributed by atoms with van der Waals surface area (Å²) in [5.74, 6) is 1.20. The summed E-state index contributed by atoms with van der Waals surface area (Å²) < 4.78 is 0. The van der Waals surface area contributed by atoms with Crippen molar-refractivity contribution in [2.75, 3.05) is 33.4 Å². The van der Waals surface area contributed by atoms with Crippen LogP contribution in [0.15, 0.2) is 28.1 Å². The topological polar surface area (TPSA) is 56.7 Å². The molecule has 0 aliphatic carbocycles. The number of hydrogen-bond donors (Lipinski definition) is 2. The fourth-order valence-electron chi connectivity index (χ4n) is 1.94. The molecule has 1 aromatic carbocycles. The van der Waals surface area contributed by atoms with Gasteiger partial charge in [0.1, 0.15) is 0 Å². The zero-order valence-electron chi connectivity index (χ0n) is 15.6. The standard InChI is InChI=1S/C18H30N4OS/c1-13(2)10-19-18(21-12-17(23)22(4)5)20-11-15-8-7-14(3)9-16(15)24-6/h7-9,13H,10-12H2,1-6H3,(H2,19,20,21). The Bertz CT molecular complexity index is 570. The molecule has 2 N–H and O–H groups in total. The number of rotatable bonds is 7. The van der Waals surface area contributed by atoms with E-state index in [0.29, 0.717) is 18.4 Å². The second kappa shape index (κ2) is 10.2. The molecule has 0 spiro atoms. The summed E-state index contributed by atoms with van der Waals surface area (Å²) in [5, 5.41) is 6.41. The first-order valence-corrected chi connectivity index (χ1v) is 9.41. The van der Waals surface area contributed by atoms with Crippen molar-refractivity contribution in [2.24, 2.45) is 10.9 Å². The molecular formula is C18H30N4OS. The van der Waals surface area contributed by atoms with Gasteiger partial charge in [0, 0.05) is 25.5 Å². The molecule has 1 aromatic rings. The number of guanidine groups is 1. The van der Waals surface area contributed by atoms with Crippen molar-refractivity contribution in [1.29, 1.82) is 0 Å². The summed E-state index contributed by atoms with van der Waals surface area (Å²) in [6.45, 7) is 8.01. The zero-order chi connectivity index (χ0) is 18.1. The highest BCUT2D eigenvalue weighted by Crippen LogP contribution is 2.22. The second-order valence-electron chi connectivity index (χ2n) is 6.40. The minimum absolute atomic E-state index is 0.0224. The molecule has 0 radical (unpaired) electrons. The number of thioether (sulfide) groups is 1. The van der Waals surface area contributed by atoms with Crippen molar-refractivity contribution in [3.05, 3.63) is 29.3 Å². The van der Waals surface area contributed by atoms with E-state index in [1.807, 2.05) is 0 Å². The SMILES string of the molecule is CSc1cc(C)ccc1CN=C(NCC(=O)N(C)C)NCC(C)C. The molecule has 0 unspecified atom stereocenters. The number of amides is 1. The number of nitrogens with one attached hydrogen (secondary N) is 2. The lowest BCUT2D eigenvalue weighted by Gasteiger charge is -2.16. The van der Waals surface area contributed by atoms with Gasteiger partial charge in [-0.05, 0) is 36.3 Å². The van der Waals surface area contributed by atoms with Gasteiger partial charge in [0.05, 0.1) is 13.1 Å². The number of carbonyl (C=O) groups is 1. The third kappa shape index (κ3) is 7.25. The van der Waals surface area contributed by atoms with Gasteiger partial charge in [-0.15, -0.1) is 11.8 Å². The van der Waals surface area contributed by atoms with Crippen molar-refractivity contribution >= 4 is 23.6 Å². The van der Waals surface area contributed by atoms with Crippen LogP contribution in [-0.2, 0) is 11.3 Å². The van der Waals surface area contributed by atoms with Gasteiger partial charge in [0.15, 0.2) is 5.96 Å². The zero-order valence-corrected chi connectivity index (χ0v) is 16.5. The summed E-state index contributed by atoms with van der Waals surface area (Å²) in [7, 11) is 3.50. The van der Waals surface area contributed by atoms with E-state index in [4.69, 9.17) is 0 Å². The fraction of sp³-hybridized carbons (Fsp3) is 0.556. The number of aryl methyl sites for hydroxylation is 1. The van der Waals surface area contributed by atoms with E-state index in [0.717, 1.165) is 6.54 Å². The predicted molar refractivity (Wildman–Crippen MR) is 104 cm³/mol. The largest absolute Gasteiger partial charge is 0.356 e. The van der Waals surface area contributed by atoms with Crippen LogP contribution in [0.5, 0.6) is 0 Å². The number of nitrogens with zero attached hydrogens (tertiary/aromatic N) is 2. The van der Waals surface area contributed by atoms with Gasteiger partial charge >= 0.3 is 0 Å². The molecule has 0 atom stereocenters. The molecule has 0 bridgehead atoms. The lowest BCUT2D eigenvalue weighted by molar-refractivity contribution is -0.127. The van der Waals surface area contributed by atoms with Crippen LogP contribution in [0.3, 0.4) is 0 Å². The van der Waals surface area contributed by atoms with E-state index in [1.54, 1.807) is 30.8 Å². The minimum atomic E-state index is 0.0224. The first kappa shape index (κ1) is 20.4. The Balaban J connectivity index is 2.81. The Labute approximate surface area is 150 Å². The van der Waals surface area contributed by atoms with E-state index >= 15 is 0 Å². The molecule has 134 valence electrons. The lowest BCUT2D eigenvalue weighted by atomic mass is 10.1. The normalized spacial score (nSPS) is 11.5. The Morgan fingerprint density at radius 3 is 2.58 bits per heavy atom. The van der Waals surface area contributed by atoms with Gasteiger partial charge < -0.3 is 15.5 Å². The average Bonchev–Trinajstić information content (AvgIpc) is 2.54. The fourth-order valence-corrected chi connectivity index (χ4v) is 2.64. The Morgan fingerprint density at radius 2 is 2.00 bits per heavy atom. The monoisotopic (exact) mass is 350 g/mol. The van der Waals surface area contributed by atoms with Crippen LogP contribution < -0.4 is 10.6 Å². The predicted octanol–water partition coefficient (Wildman–Crippen LogP) is 2.50. The highest BCUT2D eigenvalue weighted by molar-refractivity contribution is 7.98. The van der Waals surface area contributed by atoms with Gasteiger partial charge in [-0.2, -0.15) is 0 Å². The Hall–Kier alpha value is -1.69. The summed E-state index contributed by atoms with van der Waals surface area (Å²) in [6, 6.07) is 6.41. The van der Waals surface area contributed by atoms with E-state index in [1.165, 1.54) is 16.0 Å². The van der Waals surface area contributed by atoms with Gasteiger partial charge in [-0.3, -0.25) is 4.79 Å². The highest BCUT2D eigenvalue weighted by atomic mass is 32.2. The van der Waals surface area contributed by atoms with E-state index in [2.05, 4.69) is 60.9 Å². The maximum atomic E-state index is 11.8. The Morgan fingerprint density at radius 1 is 1.29 bits per heavy atom. The smallest absolute Gasteiger partial charge is 0.241 e. The molecule has 5 nitrogen and oxygen atoms in total. The maximum absolute atomic E-state index is 11.8. The number of likely N-dealkylation sites (N-methyl/N-ethyl adjacent to an activating group) is 1. The van der Waals surface area contributed by atoms with Crippen molar-refractivity contribution < 1.29 is 4.79 Å². The van der Waals surface area contributed by atoms with Crippen LogP contribution in [0.25, 0.3) is 0 Å². The van der Waals surface area contributed by atoms with Crippen molar-refractivity contribution in [2.45, 2.75) is 32.2 Å². The van der Waals surface area contributed by atoms with E-state index in [-0.39, 0.29) is 12.5 Å². The van der Waals surface area contributed by atoms with Crippen LogP contribution in [0.2, 0.25) is 0 Å². The Kier molecular flexibility index (Phi) is 8.68. The van der Waals surface area contributed by atoms with Gasteiger partial charge in [-0.25, -0.2) is 4.99 Å². The van der Waals surface area contributed by atoms with Crippen molar-refractivity contribution in [3.8, 4) is 0 Å². The maximum Gasteiger partial charge on any atom is 0.241 e. The minimum Gasteiger partial charge on any atom is -0.356 e. The first-order chi connectivity index (χ1) is 11.3. The van der Waals surface area contributed by atoms with Crippen LogP contribution in [0.4, 0.5) is 0 Å². The van der Waals surface area contributed by atoms with Crippen LogP contribution in [0, 0.1) is 12.8 Å². The summed E-state index contributed by atoms with van der Waals surface area (Å²) in [5.41, 5.74) is 2.44. The highest BCUT2D eigenvalue weighted by Gasteiger charge is 2.07. The third-order valence-corrected chi connectivity index (χ3v) is 4.25. The molecule has 0 aromatic heterocycles. The van der Waals surface area contributed by atoms with Gasteiger partial charge in [0.25, 0.3) is 0 Å². The molecule has 0 aliphatic rings. The molecule has 1 amide bonds. The quantitative estimate of drug-likeness (QED) is 0.451. The van der Waals surface area contributed by atoms with Crippen molar-refractivity contribution in [1.82, 2.24) is 15.5 Å². The van der Waals surface area contributed by atoms with Crippen LogP contribution >= 0.6 is 11.8 Å². The summed E-state index contributed by atoms with van der Waals surface area (Å²) in [6.07, 6.45) is 2.08. The summed E-state index contributed by atoms with van der Waals surface area (Å²) in [4.78, 5) is 19.2. The van der Waals surface area contributed by atoms with Gasteiger partial charge in [-0.1, -0.05) is 26.0 Å².